The smallest absolute Gasteiger partial charge is 0.271 e. The van der Waals surface area contributed by atoms with Gasteiger partial charge >= 0.3 is 0 Å². The average Bonchev–Trinajstić information content (AvgIpc) is 2.77. The fraction of sp³-hybridized carbons (Fsp3) is 0.192. The Labute approximate surface area is 188 Å². The van der Waals surface area contributed by atoms with Gasteiger partial charge in [0.1, 0.15) is 5.75 Å². The number of carbonyl (C=O) groups excluding carboxylic acids is 2. The largest absolute Gasteiger partial charge is 0.507 e. The number of rotatable bonds is 5. The minimum absolute atomic E-state index is 0.0233. The van der Waals surface area contributed by atoms with E-state index in [9.17, 15) is 14.7 Å². The first-order valence-corrected chi connectivity index (χ1v) is 10.3. The lowest BCUT2D eigenvalue weighted by Gasteiger charge is -2.19. The predicted molar refractivity (Wildman–Crippen MR) is 127 cm³/mol. The van der Waals surface area contributed by atoms with Gasteiger partial charge in [0.05, 0.1) is 5.71 Å². The number of nitrogens with zero attached hydrogens (tertiary/aromatic N) is 1. The normalized spacial score (nSPS) is 11.7. The second-order valence-electron chi connectivity index (χ2n) is 8.51. The van der Waals surface area contributed by atoms with Crippen molar-refractivity contribution in [3.63, 3.8) is 0 Å². The second kappa shape index (κ2) is 9.47. The monoisotopic (exact) mass is 429 g/mol. The van der Waals surface area contributed by atoms with Crippen LogP contribution < -0.4 is 10.7 Å². The van der Waals surface area contributed by atoms with Crippen LogP contribution in [0.2, 0.25) is 0 Å². The van der Waals surface area contributed by atoms with Crippen LogP contribution in [0, 0.1) is 0 Å². The van der Waals surface area contributed by atoms with Crippen molar-refractivity contribution >= 4 is 23.2 Å². The van der Waals surface area contributed by atoms with E-state index < -0.39 is 5.91 Å². The van der Waals surface area contributed by atoms with Crippen molar-refractivity contribution in [2.24, 2.45) is 5.10 Å². The van der Waals surface area contributed by atoms with Crippen LogP contribution in [0.25, 0.3) is 0 Å². The molecule has 0 aliphatic heterocycles. The van der Waals surface area contributed by atoms with E-state index in [0.717, 1.165) is 5.56 Å². The van der Waals surface area contributed by atoms with E-state index in [1.54, 1.807) is 55.5 Å². The first-order valence-electron chi connectivity index (χ1n) is 10.3. The van der Waals surface area contributed by atoms with Gasteiger partial charge in [-0.25, -0.2) is 5.43 Å². The van der Waals surface area contributed by atoms with Crippen LogP contribution in [0.4, 0.5) is 5.69 Å². The molecule has 0 aromatic heterocycles. The van der Waals surface area contributed by atoms with Crippen LogP contribution in [-0.4, -0.2) is 22.6 Å². The summed E-state index contributed by atoms with van der Waals surface area (Å²) in [6, 6.07) is 20.8. The fourth-order valence-corrected chi connectivity index (χ4v) is 3.07. The number of hydrazone groups is 1. The maximum absolute atomic E-state index is 12.5. The van der Waals surface area contributed by atoms with Gasteiger partial charge in [0, 0.05) is 22.4 Å². The molecule has 3 N–H and O–H groups in total. The summed E-state index contributed by atoms with van der Waals surface area (Å²) < 4.78 is 0. The van der Waals surface area contributed by atoms with E-state index in [4.69, 9.17) is 0 Å². The first kappa shape index (κ1) is 22.7. The number of anilines is 1. The Hall–Kier alpha value is -3.93. The molecular weight excluding hydrogens is 402 g/mol. The lowest BCUT2D eigenvalue weighted by Crippen LogP contribution is -2.19. The molecule has 3 rings (SSSR count). The standard InChI is InChI=1S/C26H27N3O3/c1-17(22-7-5-6-8-23(22)30)28-29-25(32)19-11-15-21(16-12-19)27-24(31)18-9-13-20(14-10-18)26(2,3)4/h5-16,30H,1-4H3,(H,27,31)(H,29,32)/b28-17+. The van der Waals surface area contributed by atoms with Crippen molar-refractivity contribution in [2.75, 3.05) is 5.32 Å². The quantitative estimate of drug-likeness (QED) is 0.389. The fourth-order valence-electron chi connectivity index (χ4n) is 3.07. The van der Waals surface area contributed by atoms with E-state index in [2.05, 4.69) is 36.6 Å². The highest BCUT2D eigenvalue weighted by Gasteiger charge is 2.14. The zero-order chi connectivity index (χ0) is 23.3. The Balaban J connectivity index is 1.62. The molecule has 0 aliphatic rings. The van der Waals surface area contributed by atoms with Crippen LogP contribution in [0.5, 0.6) is 5.75 Å². The second-order valence-corrected chi connectivity index (χ2v) is 8.51. The summed E-state index contributed by atoms with van der Waals surface area (Å²) in [4.78, 5) is 24.9. The van der Waals surface area contributed by atoms with Gasteiger partial charge in [-0.05, 0) is 66.4 Å². The molecule has 0 bridgehead atoms. The van der Waals surface area contributed by atoms with Crippen LogP contribution in [-0.2, 0) is 5.41 Å². The van der Waals surface area contributed by atoms with Crippen LogP contribution in [0.1, 0.15) is 59.5 Å². The van der Waals surface area contributed by atoms with Crippen LogP contribution >= 0.6 is 0 Å². The maximum Gasteiger partial charge on any atom is 0.271 e. The molecule has 3 aromatic rings. The number of carbonyl (C=O) groups is 2. The minimum Gasteiger partial charge on any atom is -0.507 e. The van der Waals surface area contributed by atoms with Gasteiger partial charge in [0.15, 0.2) is 0 Å². The number of nitrogens with one attached hydrogen (secondary N) is 2. The summed E-state index contributed by atoms with van der Waals surface area (Å²) in [5, 5.41) is 16.8. The number of hydrogen-bond donors (Lipinski definition) is 3. The average molecular weight is 430 g/mol. The SMILES string of the molecule is C/C(=N\NC(=O)c1ccc(NC(=O)c2ccc(C(C)(C)C)cc2)cc1)c1ccccc1O. The molecule has 0 saturated heterocycles. The Kier molecular flexibility index (Phi) is 6.73. The summed E-state index contributed by atoms with van der Waals surface area (Å²) in [7, 11) is 0. The molecule has 164 valence electrons. The Bertz CT molecular complexity index is 1140. The highest BCUT2D eigenvalue weighted by molar-refractivity contribution is 6.05. The third kappa shape index (κ3) is 5.60. The molecule has 0 unspecified atom stereocenters. The van der Waals surface area contributed by atoms with Gasteiger partial charge in [-0.1, -0.05) is 45.0 Å². The van der Waals surface area contributed by atoms with Crippen LogP contribution in [0.3, 0.4) is 0 Å². The molecule has 6 heteroatoms. The first-order chi connectivity index (χ1) is 15.1. The topological polar surface area (TPSA) is 90.8 Å². The van der Waals surface area contributed by atoms with Crippen LogP contribution in [0.15, 0.2) is 77.9 Å². The summed E-state index contributed by atoms with van der Waals surface area (Å²) in [6.07, 6.45) is 0. The van der Waals surface area contributed by atoms with Gasteiger partial charge in [-0.2, -0.15) is 5.10 Å². The van der Waals surface area contributed by atoms with Gasteiger partial charge in [-0.15, -0.1) is 0 Å². The number of amides is 2. The molecule has 32 heavy (non-hydrogen) atoms. The van der Waals surface area contributed by atoms with E-state index in [0.29, 0.717) is 28.1 Å². The van der Waals surface area contributed by atoms with Crippen molar-refractivity contribution in [1.82, 2.24) is 5.43 Å². The zero-order valence-electron chi connectivity index (χ0n) is 18.6. The van der Waals surface area contributed by atoms with Gasteiger partial charge in [0.25, 0.3) is 11.8 Å². The Morgan fingerprint density at radius 2 is 1.38 bits per heavy atom. The molecule has 0 radical (unpaired) electrons. The highest BCUT2D eigenvalue weighted by atomic mass is 16.3. The van der Waals surface area contributed by atoms with Gasteiger partial charge in [0.2, 0.25) is 0 Å². The third-order valence-electron chi connectivity index (χ3n) is 5.04. The summed E-state index contributed by atoms with van der Waals surface area (Å²) in [6.45, 7) is 8.07. The molecule has 0 aliphatic carbocycles. The number of phenolic OH excluding ortho intramolecular Hbond substituents is 1. The molecular formula is C26H27N3O3. The zero-order valence-corrected chi connectivity index (χ0v) is 18.6. The van der Waals surface area contributed by atoms with Gasteiger partial charge < -0.3 is 10.4 Å². The third-order valence-corrected chi connectivity index (χ3v) is 5.04. The molecule has 0 saturated carbocycles. The van der Waals surface area contributed by atoms with E-state index in [1.807, 2.05) is 24.3 Å². The Morgan fingerprint density at radius 3 is 1.97 bits per heavy atom. The van der Waals surface area contributed by atoms with Gasteiger partial charge in [-0.3, -0.25) is 9.59 Å². The molecule has 3 aromatic carbocycles. The predicted octanol–water partition coefficient (Wildman–Crippen LogP) is 5.10. The molecule has 0 atom stereocenters. The summed E-state index contributed by atoms with van der Waals surface area (Å²) in [5.74, 6) is -0.517. The lowest BCUT2D eigenvalue weighted by molar-refractivity contribution is 0.0954. The molecule has 2 amide bonds. The molecule has 0 fully saturated rings. The number of para-hydroxylation sites is 1. The molecule has 0 spiro atoms. The molecule has 6 nitrogen and oxygen atoms in total. The highest BCUT2D eigenvalue weighted by Crippen LogP contribution is 2.22. The van der Waals surface area contributed by atoms with Crippen molar-refractivity contribution < 1.29 is 14.7 Å². The Morgan fingerprint density at radius 1 is 0.812 bits per heavy atom. The summed E-state index contributed by atoms with van der Waals surface area (Å²) >= 11 is 0. The number of phenols is 1. The number of hydrogen-bond acceptors (Lipinski definition) is 4. The van der Waals surface area contributed by atoms with E-state index >= 15 is 0 Å². The lowest BCUT2D eigenvalue weighted by atomic mass is 9.87. The summed E-state index contributed by atoms with van der Waals surface area (Å²) in [5.41, 5.74) is 6.23. The van der Waals surface area contributed by atoms with E-state index in [1.165, 1.54) is 0 Å². The van der Waals surface area contributed by atoms with Crippen molar-refractivity contribution in [2.45, 2.75) is 33.1 Å². The minimum atomic E-state index is -0.393. The number of aromatic hydroxyl groups is 1. The maximum atomic E-state index is 12.5. The molecule has 0 heterocycles. The van der Waals surface area contributed by atoms with Crippen molar-refractivity contribution in [3.05, 3.63) is 95.1 Å². The van der Waals surface area contributed by atoms with Crippen molar-refractivity contribution in [1.29, 1.82) is 0 Å². The van der Waals surface area contributed by atoms with E-state index in [-0.39, 0.29) is 17.1 Å². The number of benzene rings is 3. The van der Waals surface area contributed by atoms with Crippen molar-refractivity contribution in [3.8, 4) is 5.75 Å².